The summed E-state index contributed by atoms with van der Waals surface area (Å²) in [6.07, 6.45) is -3.94. The fraction of sp³-hybridized carbons (Fsp3) is 0.296. The summed E-state index contributed by atoms with van der Waals surface area (Å²) in [5.41, 5.74) is 5.34. The highest BCUT2D eigenvalue weighted by Gasteiger charge is 2.37. The number of aromatic nitrogens is 2. The van der Waals surface area contributed by atoms with Crippen molar-refractivity contribution in [3.8, 4) is 16.3 Å². The predicted molar refractivity (Wildman–Crippen MR) is 143 cm³/mol. The molecule has 0 unspecified atom stereocenters. The Morgan fingerprint density at radius 1 is 1.13 bits per heavy atom. The summed E-state index contributed by atoms with van der Waals surface area (Å²) in [5, 5.41) is 12.6. The van der Waals surface area contributed by atoms with Gasteiger partial charge in [-0.15, -0.1) is 11.3 Å². The number of amides is 1. The zero-order valence-electron chi connectivity index (χ0n) is 20.8. The van der Waals surface area contributed by atoms with Gasteiger partial charge in [0.15, 0.2) is 0 Å². The van der Waals surface area contributed by atoms with E-state index in [2.05, 4.69) is 9.97 Å². The van der Waals surface area contributed by atoms with E-state index in [1.807, 2.05) is 0 Å². The maximum absolute atomic E-state index is 13.5. The van der Waals surface area contributed by atoms with E-state index in [1.165, 1.54) is 30.6 Å². The fourth-order valence-corrected chi connectivity index (χ4v) is 5.85. The molecule has 0 radical (unpaired) electrons. The number of hydrogen-bond donors (Lipinski definition) is 2. The maximum Gasteiger partial charge on any atom is 0.433 e. The van der Waals surface area contributed by atoms with Crippen molar-refractivity contribution in [3.63, 3.8) is 0 Å². The predicted octanol–water partition coefficient (Wildman–Crippen LogP) is 5.62. The number of likely N-dealkylation sites (tertiary alicyclic amines) is 1. The van der Waals surface area contributed by atoms with Gasteiger partial charge in [0.25, 0.3) is 5.91 Å². The van der Waals surface area contributed by atoms with E-state index in [9.17, 15) is 23.1 Å². The second kappa shape index (κ2) is 10.4. The second-order valence-electron chi connectivity index (χ2n) is 9.23. The van der Waals surface area contributed by atoms with Crippen LogP contribution >= 0.6 is 22.9 Å². The number of nitrogens with zero attached hydrogens (tertiary/aromatic N) is 3. The summed E-state index contributed by atoms with van der Waals surface area (Å²) >= 11 is 7.17. The van der Waals surface area contributed by atoms with E-state index < -0.39 is 17.5 Å². The number of carbonyl (C=O) groups is 1. The molecule has 1 aliphatic heterocycles. The van der Waals surface area contributed by atoms with Crippen molar-refractivity contribution in [2.24, 2.45) is 5.73 Å². The molecule has 0 bridgehead atoms. The number of piperidine rings is 1. The third kappa shape index (κ3) is 5.19. The van der Waals surface area contributed by atoms with E-state index in [0.717, 1.165) is 11.6 Å². The standard InChI is InChI=1S/C27H24ClF3N4O3S/c1-38-19-8-6-18(17-7-9-21(27(29,30)31)33-22(17)19)24-34-23(20(14-32)39-24)25(36)35-12-10-26(37,11-13-35)15-2-4-16(28)5-3-15/h2-9,37H,10-14,32H2,1H3. The van der Waals surface area contributed by atoms with Crippen molar-refractivity contribution in [1.29, 1.82) is 0 Å². The maximum atomic E-state index is 13.5. The molecular formula is C27H24ClF3N4O3S. The van der Waals surface area contributed by atoms with Crippen LogP contribution in [0.2, 0.25) is 5.02 Å². The third-order valence-corrected chi connectivity index (χ3v) is 8.27. The van der Waals surface area contributed by atoms with Crippen molar-refractivity contribution in [2.75, 3.05) is 20.2 Å². The number of benzene rings is 2. The highest BCUT2D eigenvalue weighted by Crippen LogP contribution is 2.39. The van der Waals surface area contributed by atoms with Gasteiger partial charge in [0.1, 0.15) is 27.7 Å². The SMILES string of the molecule is COc1ccc(-c2nc(C(=O)N3CCC(O)(c4ccc(Cl)cc4)CC3)c(CN)s2)c2ccc(C(F)(F)F)nc12. The second-order valence-corrected chi connectivity index (χ2v) is 10.8. The molecular weight excluding hydrogens is 553 g/mol. The van der Waals surface area contributed by atoms with Crippen LogP contribution in [0.1, 0.15) is 39.5 Å². The first-order chi connectivity index (χ1) is 18.5. The number of methoxy groups -OCH3 is 1. The monoisotopic (exact) mass is 576 g/mol. The molecule has 0 saturated carbocycles. The van der Waals surface area contributed by atoms with Crippen LogP contribution in [0.3, 0.4) is 0 Å². The topological polar surface area (TPSA) is 102 Å². The molecule has 204 valence electrons. The summed E-state index contributed by atoms with van der Waals surface area (Å²) < 4.78 is 45.2. The van der Waals surface area contributed by atoms with Crippen LogP contribution in [-0.4, -0.2) is 46.1 Å². The first-order valence-corrected chi connectivity index (χ1v) is 13.3. The van der Waals surface area contributed by atoms with Gasteiger partial charge in [-0.25, -0.2) is 9.97 Å². The summed E-state index contributed by atoms with van der Waals surface area (Å²) in [5.74, 6) is -0.125. The van der Waals surface area contributed by atoms with Crippen LogP contribution in [0.15, 0.2) is 48.5 Å². The molecule has 0 spiro atoms. The van der Waals surface area contributed by atoms with Crippen LogP contribution < -0.4 is 10.5 Å². The molecule has 0 aliphatic carbocycles. The molecule has 1 aliphatic rings. The van der Waals surface area contributed by atoms with E-state index in [-0.39, 0.29) is 29.4 Å². The minimum atomic E-state index is -4.61. The summed E-state index contributed by atoms with van der Waals surface area (Å²) in [7, 11) is 1.36. The molecule has 7 nitrogen and oxygen atoms in total. The highest BCUT2D eigenvalue weighted by atomic mass is 35.5. The van der Waals surface area contributed by atoms with Crippen LogP contribution in [-0.2, 0) is 18.3 Å². The Morgan fingerprint density at radius 3 is 2.44 bits per heavy atom. The first kappa shape index (κ1) is 27.3. The van der Waals surface area contributed by atoms with E-state index in [1.54, 1.807) is 35.2 Å². The van der Waals surface area contributed by atoms with Crippen LogP contribution in [0.5, 0.6) is 5.75 Å². The number of hydrogen-bond acceptors (Lipinski definition) is 7. The lowest BCUT2D eigenvalue weighted by Crippen LogP contribution is -2.45. The number of nitrogens with two attached hydrogens (primary N) is 1. The Labute approximate surface area is 231 Å². The lowest BCUT2D eigenvalue weighted by molar-refractivity contribution is -0.140. The summed E-state index contributed by atoms with van der Waals surface area (Å²) in [4.78, 5) is 24.1. The van der Waals surface area contributed by atoms with Gasteiger partial charge in [0, 0.05) is 35.6 Å². The quantitative estimate of drug-likeness (QED) is 0.320. The van der Waals surface area contributed by atoms with Gasteiger partial charge < -0.3 is 20.5 Å². The molecule has 1 fully saturated rings. The molecule has 5 rings (SSSR count). The zero-order chi connectivity index (χ0) is 27.9. The Kier molecular flexibility index (Phi) is 7.27. The van der Waals surface area contributed by atoms with Gasteiger partial charge in [0.2, 0.25) is 0 Å². The van der Waals surface area contributed by atoms with Gasteiger partial charge >= 0.3 is 6.18 Å². The molecule has 1 saturated heterocycles. The molecule has 4 aromatic rings. The molecule has 2 aromatic carbocycles. The van der Waals surface area contributed by atoms with Crippen molar-refractivity contribution < 1.29 is 27.8 Å². The van der Waals surface area contributed by atoms with Crippen LogP contribution in [0.25, 0.3) is 21.5 Å². The molecule has 3 N–H and O–H groups in total. The highest BCUT2D eigenvalue weighted by molar-refractivity contribution is 7.15. The molecule has 3 heterocycles. The number of rotatable bonds is 5. The normalized spacial score (nSPS) is 15.5. The van der Waals surface area contributed by atoms with Crippen molar-refractivity contribution in [2.45, 2.75) is 31.2 Å². The Morgan fingerprint density at radius 2 is 1.82 bits per heavy atom. The average Bonchev–Trinajstić information content (AvgIpc) is 3.36. The third-order valence-electron chi connectivity index (χ3n) is 6.91. The average molecular weight is 577 g/mol. The first-order valence-electron chi connectivity index (χ1n) is 12.1. The minimum absolute atomic E-state index is 0.0414. The summed E-state index contributed by atoms with van der Waals surface area (Å²) in [6.45, 7) is 0.681. The summed E-state index contributed by atoms with van der Waals surface area (Å²) in [6, 6.07) is 12.4. The number of ether oxygens (including phenoxy) is 1. The largest absolute Gasteiger partial charge is 0.494 e. The van der Waals surface area contributed by atoms with Gasteiger partial charge in [0.05, 0.1) is 17.6 Å². The molecule has 39 heavy (non-hydrogen) atoms. The molecule has 0 atom stereocenters. The minimum Gasteiger partial charge on any atom is -0.494 e. The van der Waals surface area contributed by atoms with E-state index in [4.69, 9.17) is 22.1 Å². The Bertz CT molecular complexity index is 1530. The zero-order valence-corrected chi connectivity index (χ0v) is 22.3. The smallest absolute Gasteiger partial charge is 0.433 e. The van der Waals surface area contributed by atoms with Crippen LogP contribution in [0, 0.1) is 0 Å². The Hall–Kier alpha value is -3.25. The Balaban J connectivity index is 1.44. The van der Waals surface area contributed by atoms with Gasteiger partial charge in [-0.05, 0) is 54.8 Å². The van der Waals surface area contributed by atoms with Gasteiger partial charge in [-0.3, -0.25) is 4.79 Å². The lowest BCUT2D eigenvalue weighted by atomic mass is 9.84. The van der Waals surface area contributed by atoms with Gasteiger partial charge in [-0.2, -0.15) is 13.2 Å². The van der Waals surface area contributed by atoms with Crippen molar-refractivity contribution >= 4 is 39.7 Å². The van der Waals surface area contributed by atoms with Gasteiger partial charge in [-0.1, -0.05) is 23.7 Å². The number of thiazole rings is 1. The van der Waals surface area contributed by atoms with Crippen molar-refractivity contribution in [3.05, 3.63) is 75.4 Å². The lowest BCUT2D eigenvalue weighted by Gasteiger charge is -2.38. The fourth-order valence-electron chi connectivity index (χ4n) is 4.75. The molecule has 12 heteroatoms. The number of carbonyl (C=O) groups excluding carboxylic acids is 1. The van der Waals surface area contributed by atoms with Crippen molar-refractivity contribution in [1.82, 2.24) is 14.9 Å². The number of halogens is 4. The van der Waals surface area contributed by atoms with Crippen LogP contribution in [0.4, 0.5) is 13.2 Å². The number of alkyl halides is 3. The molecule has 2 aromatic heterocycles. The van der Waals surface area contributed by atoms with E-state index >= 15 is 0 Å². The number of fused-ring (bicyclic) bond motifs is 1. The molecule has 1 amide bonds. The van der Waals surface area contributed by atoms with E-state index in [0.29, 0.717) is 51.8 Å². The number of aliphatic hydroxyl groups is 1. The number of pyridine rings is 1.